The second-order valence-electron chi connectivity index (χ2n) is 6.22. The zero-order valence-electron chi connectivity index (χ0n) is 12.3. The molecule has 2 aliphatic rings. The second kappa shape index (κ2) is 6.44. The zero-order valence-corrected chi connectivity index (χ0v) is 12.3. The van der Waals surface area contributed by atoms with Crippen molar-refractivity contribution in [3.63, 3.8) is 0 Å². The van der Waals surface area contributed by atoms with E-state index in [2.05, 4.69) is 12.2 Å². The highest BCUT2D eigenvalue weighted by Crippen LogP contribution is 2.33. The van der Waals surface area contributed by atoms with E-state index in [-0.39, 0.29) is 5.91 Å². The van der Waals surface area contributed by atoms with Gasteiger partial charge in [-0.15, -0.1) is 0 Å². The molecule has 21 heavy (non-hydrogen) atoms. The predicted octanol–water partition coefficient (Wildman–Crippen LogP) is 2.92. The molecule has 0 radical (unpaired) electrons. The average molecular weight is 285 g/mol. The Kier molecular flexibility index (Phi) is 4.39. The van der Waals surface area contributed by atoms with E-state index in [0.717, 1.165) is 24.9 Å². The zero-order chi connectivity index (χ0) is 14.7. The van der Waals surface area contributed by atoms with Crippen LogP contribution in [0.1, 0.15) is 37.4 Å². The summed E-state index contributed by atoms with van der Waals surface area (Å²) in [6.07, 6.45) is 7.41. The number of hydrogen-bond donors (Lipinski definition) is 1. The quantitative estimate of drug-likeness (QED) is 0.864. The molecule has 0 bridgehead atoms. The van der Waals surface area contributed by atoms with Gasteiger partial charge in [0.2, 0.25) is 5.91 Å². The number of amides is 1. The number of aliphatic hydroxyl groups excluding tert-OH is 1. The van der Waals surface area contributed by atoms with Crippen molar-refractivity contribution in [2.45, 2.75) is 31.8 Å². The van der Waals surface area contributed by atoms with Gasteiger partial charge >= 0.3 is 0 Å². The summed E-state index contributed by atoms with van der Waals surface area (Å²) < 4.78 is 0. The van der Waals surface area contributed by atoms with Crippen LogP contribution in [0.3, 0.4) is 0 Å². The summed E-state index contributed by atoms with van der Waals surface area (Å²) >= 11 is 0. The molecule has 1 heterocycles. The molecule has 1 N–H and O–H groups in total. The first-order valence-corrected chi connectivity index (χ1v) is 7.90. The summed E-state index contributed by atoms with van der Waals surface area (Å²) in [5.41, 5.74) is 0.931. The summed E-state index contributed by atoms with van der Waals surface area (Å²) in [6, 6.07) is 9.68. The number of piperidine rings is 1. The van der Waals surface area contributed by atoms with Crippen molar-refractivity contribution in [1.29, 1.82) is 0 Å². The number of benzene rings is 1. The van der Waals surface area contributed by atoms with Gasteiger partial charge in [0, 0.05) is 19.5 Å². The molecule has 3 heteroatoms. The van der Waals surface area contributed by atoms with E-state index in [1.54, 1.807) is 0 Å². The number of carbonyl (C=O) groups excluding carboxylic acids is 1. The lowest BCUT2D eigenvalue weighted by atomic mass is 9.78. The average Bonchev–Trinajstić information content (AvgIpc) is 2.53. The van der Waals surface area contributed by atoms with Gasteiger partial charge in [-0.05, 0) is 36.7 Å². The minimum absolute atomic E-state index is 0.256. The molecule has 1 aromatic carbocycles. The van der Waals surface area contributed by atoms with Crippen molar-refractivity contribution in [3.8, 4) is 0 Å². The molecule has 3 rings (SSSR count). The molecule has 2 unspecified atom stereocenters. The third kappa shape index (κ3) is 3.35. The second-order valence-corrected chi connectivity index (χ2v) is 6.22. The molecule has 1 amide bonds. The summed E-state index contributed by atoms with van der Waals surface area (Å²) in [6.45, 7) is 1.51. The maximum atomic E-state index is 12.2. The standard InChI is InChI=1S/C18H23NO2/c20-17(14-6-2-1-3-7-14)10-11-19-13-16-9-5-4-8-15(16)12-18(19)21/h1-7,15-17,20H,8-13H2/t15?,16?,17-/m1/s1. The van der Waals surface area contributed by atoms with Crippen LogP contribution in [0.4, 0.5) is 0 Å². The van der Waals surface area contributed by atoms with Gasteiger partial charge in [0.05, 0.1) is 6.10 Å². The Bertz CT molecular complexity index is 511. The number of rotatable bonds is 4. The summed E-state index contributed by atoms with van der Waals surface area (Å²) in [5, 5.41) is 10.2. The molecule has 1 saturated heterocycles. The third-order valence-corrected chi connectivity index (χ3v) is 4.81. The fraction of sp³-hybridized carbons (Fsp3) is 0.500. The molecular formula is C18H23NO2. The lowest BCUT2D eigenvalue weighted by molar-refractivity contribution is -0.137. The van der Waals surface area contributed by atoms with E-state index < -0.39 is 6.10 Å². The minimum atomic E-state index is -0.483. The van der Waals surface area contributed by atoms with Gasteiger partial charge in [0.1, 0.15) is 0 Å². The van der Waals surface area contributed by atoms with E-state index >= 15 is 0 Å². The maximum Gasteiger partial charge on any atom is 0.222 e. The number of carbonyl (C=O) groups is 1. The normalized spacial score (nSPS) is 26.5. The number of aliphatic hydroxyl groups is 1. The first-order valence-electron chi connectivity index (χ1n) is 7.90. The van der Waals surface area contributed by atoms with Crippen molar-refractivity contribution >= 4 is 5.91 Å². The fourth-order valence-electron chi connectivity index (χ4n) is 3.47. The fourth-order valence-corrected chi connectivity index (χ4v) is 3.47. The Balaban J connectivity index is 1.55. The molecule has 0 saturated carbocycles. The highest BCUT2D eigenvalue weighted by atomic mass is 16.3. The van der Waals surface area contributed by atoms with Crippen LogP contribution in [-0.2, 0) is 4.79 Å². The Morgan fingerprint density at radius 3 is 2.62 bits per heavy atom. The van der Waals surface area contributed by atoms with Gasteiger partial charge < -0.3 is 10.0 Å². The minimum Gasteiger partial charge on any atom is -0.388 e. The Hall–Kier alpha value is -1.61. The van der Waals surface area contributed by atoms with Gasteiger partial charge in [-0.25, -0.2) is 0 Å². The van der Waals surface area contributed by atoms with Gasteiger partial charge in [-0.1, -0.05) is 42.5 Å². The highest BCUT2D eigenvalue weighted by molar-refractivity contribution is 5.77. The van der Waals surface area contributed by atoms with Gasteiger partial charge in [0.25, 0.3) is 0 Å². The molecule has 1 aliphatic heterocycles. The van der Waals surface area contributed by atoms with Crippen molar-refractivity contribution in [2.24, 2.45) is 11.8 Å². The van der Waals surface area contributed by atoms with Crippen molar-refractivity contribution in [1.82, 2.24) is 4.90 Å². The largest absolute Gasteiger partial charge is 0.388 e. The van der Waals surface area contributed by atoms with Crippen LogP contribution in [0.15, 0.2) is 42.5 Å². The molecule has 1 fully saturated rings. The van der Waals surface area contributed by atoms with E-state index in [1.165, 1.54) is 0 Å². The van der Waals surface area contributed by atoms with Gasteiger partial charge in [0.15, 0.2) is 0 Å². The summed E-state index contributed by atoms with van der Waals surface area (Å²) in [5.74, 6) is 1.41. The van der Waals surface area contributed by atoms with Gasteiger partial charge in [-0.3, -0.25) is 4.79 Å². The SMILES string of the molecule is O=C1CC2CC=CCC2CN1CC[C@@H](O)c1ccccc1. The van der Waals surface area contributed by atoms with Crippen LogP contribution in [0.2, 0.25) is 0 Å². The Morgan fingerprint density at radius 2 is 1.86 bits per heavy atom. The first kappa shape index (κ1) is 14.3. The van der Waals surface area contributed by atoms with Crippen molar-refractivity contribution in [2.75, 3.05) is 13.1 Å². The maximum absolute atomic E-state index is 12.2. The topological polar surface area (TPSA) is 40.5 Å². The van der Waals surface area contributed by atoms with Gasteiger partial charge in [-0.2, -0.15) is 0 Å². The molecule has 0 spiro atoms. The van der Waals surface area contributed by atoms with Crippen LogP contribution < -0.4 is 0 Å². The van der Waals surface area contributed by atoms with E-state index in [9.17, 15) is 9.90 Å². The molecular weight excluding hydrogens is 262 g/mol. The van der Waals surface area contributed by atoms with Crippen molar-refractivity contribution in [3.05, 3.63) is 48.0 Å². The summed E-state index contributed by atoms with van der Waals surface area (Å²) in [7, 11) is 0. The number of likely N-dealkylation sites (tertiary alicyclic amines) is 1. The molecule has 0 aromatic heterocycles. The number of nitrogens with zero attached hydrogens (tertiary/aromatic N) is 1. The third-order valence-electron chi connectivity index (χ3n) is 4.81. The Labute approximate surface area is 126 Å². The number of allylic oxidation sites excluding steroid dienone is 2. The lowest BCUT2D eigenvalue weighted by Crippen LogP contribution is -2.45. The van der Waals surface area contributed by atoms with Crippen LogP contribution in [-0.4, -0.2) is 29.0 Å². The van der Waals surface area contributed by atoms with E-state index in [0.29, 0.717) is 31.2 Å². The van der Waals surface area contributed by atoms with Crippen LogP contribution in [0, 0.1) is 11.8 Å². The number of fused-ring (bicyclic) bond motifs is 1. The van der Waals surface area contributed by atoms with Crippen LogP contribution >= 0.6 is 0 Å². The smallest absolute Gasteiger partial charge is 0.222 e. The first-order chi connectivity index (χ1) is 10.2. The molecule has 1 aliphatic carbocycles. The predicted molar refractivity (Wildman–Crippen MR) is 82.6 cm³/mol. The molecule has 112 valence electrons. The van der Waals surface area contributed by atoms with Crippen molar-refractivity contribution < 1.29 is 9.90 Å². The number of hydrogen-bond acceptors (Lipinski definition) is 2. The highest BCUT2D eigenvalue weighted by Gasteiger charge is 2.33. The van der Waals surface area contributed by atoms with E-state index in [4.69, 9.17) is 0 Å². The van der Waals surface area contributed by atoms with Crippen LogP contribution in [0.25, 0.3) is 0 Å². The molecule has 3 nitrogen and oxygen atoms in total. The molecule has 3 atom stereocenters. The monoisotopic (exact) mass is 285 g/mol. The molecule has 1 aromatic rings. The Morgan fingerprint density at radius 1 is 1.14 bits per heavy atom. The lowest BCUT2D eigenvalue weighted by Gasteiger charge is -2.39. The van der Waals surface area contributed by atoms with E-state index in [1.807, 2.05) is 35.2 Å². The van der Waals surface area contributed by atoms with Crippen LogP contribution in [0.5, 0.6) is 0 Å². The summed E-state index contributed by atoms with van der Waals surface area (Å²) in [4.78, 5) is 14.2.